The largest absolute Gasteiger partial charge is 0.324 e. The highest BCUT2D eigenvalue weighted by Crippen LogP contribution is 2.24. The van der Waals surface area contributed by atoms with Crippen LogP contribution in [0, 0.1) is 6.92 Å². The van der Waals surface area contributed by atoms with Gasteiger partial charge in [-0.25, -0.2) is 0 Å². The van der Waals surface area contributed by atoms with Crippen molar-refractivity contribution in [2.75, 3.05) is 18.9 Å². The normalized spacial score (nSPS) is 10.9. The number of rotatable bonds is 5. The molecule has 0 saturated carbocycles. The number of hydrogen-bond donors (Lipinski definition) is 1. The lowest BCUT2D eigenvalue weighted by Gasteiger charge is -2.15. The number of nitrogens with one attached hydrogen (secondary N) is 1. The van der Waals surface area contributed by atoms with Crippen LogP contribution in [0.5, 0.6) is 0 Å². The number of likely N-dealkylation sites (N-methyl/N-ethyl adjacent to an activating group) is 1. The Morgan fingerprint density at radius 1 is 1.38 bits per heavy atom. The van der Waals surface area contributed by atoms with Crippen LogP contribution in [0.3, 0.4) is 0 Å². The SMILES string of the molecule is Cc1ccc(NC(=O)CN(C)Cc2ccc(Br)s2)c(Cl)c1. The second-order valence-corrected chi connectivity index (χ2v) is 7.86. The Labute approximate surface area is 142 Å². The standard InChI is InChI=1S/C15H16BrClN2OS/c1-10-3-5-13(12(17)7-10)18-15(20)9-19(2)8-11-4-6-14(16)21-11/h3-7H,8-9H2,1-2H3,(H,18,20). The van der Waals surface area contributed by atoms with E-state index >= 15 is 0 Å². The highest BCUT2D eigenvalue weighted by Gasteiger charge is 2.10. The number of aryl methyl sites for hydroxylation is 1. The molecule has 0 radical (unpaired) electrons. The summed E-state index contributed by atoms with van der Waals surface area (Å²) in [6.45, 7) is 3.02. The van der Waals surface area contributed by atoms with E-state index in [9.17, 15) is 4.79 Å². The Kier molecular flexibility index (Phi) is 5.81. The second kappa shape index (κ2) is 7.40. The molecule has 0 aliphatic rings. The third kappa shape index (κ3) is 5.11. The summed E-state index contributed by atoms with van der Waals surface area (Å²) in [5.41, 5.74) is 1.72. The van der Waals surface area contributed by atoms with Gasteiger partial charge >= 0.3 is 0 Å². The van der Waals surface area contributed by atoms with Crippen molar-refractivity contribution in [1.29, 1.82) is 0 Å². The Morgan fingerprint density at radius 3 is 2.76 bits per heavy atom. The Hall–Kier alpha value is -0.880. The van der Waals surface area contributed by atoms with Gasteiger partial charge in [-0.05, 0) is 59.7 Å². The number of hydrogen-bond acceptors (Lipinski definition) is 3. The predicted molar refractivity (Wildman–Crippen MR) is 93.2 cm³/mol. The molecule has 0 spiro atoms. The maximum absolute atomic E-state index is 12.0. The van der Waals surface area contributed by atoms with Gasteiger partial charge in [0.25, 0.3) is 0 Å². The van der Waals surface area contributed by atoms with Crippen LogP contribution < -0.4 is 5.32 Å². The minimum absolute atomic E-state index is 0.0705. The minimum Gasteiger partial charge on any atom is -0.324 e. The summed E-state index contributed by atoms with van der Waals surface area (Å²) in [7, 11) is 1.92. The van der Waals surface area contributed by atoms with E-state index in [0.717, 1.165) is 15.9 Å². The summed E-state index contributed by atoms with van der Waals surface area (Å²) in [6, 6.07) is 9.66. The Bertz CT molecular complexity index is 644. The lowest BCUT2D eigenvalue weighted by atomic mass is 10.2. The average Bonchev–Trinajstić information content (AvgIpc) is 2.78. The molecule has 112 valence electrons. The Morgan fingerprint density at radius 2 is 2.14 bits per heavy atom. The van der Waals surface area contributed by atoms with Gasteiger partial charge in [-0.3, -0.25) is 9.69 Å². The molecule has 21 heavy (non-hydrogen) atoms. The van der Waals surface area contributed by atoms with Crippen LogP contribution in [-0.2, 0) is 11.3 Å². The summed E-state index contributed by atoms with van der Waals surface area (Å²) in [5, 5.41) is 3.40. The number of thiophene rings is 1. The third-order valence-corrected chi connectivity index (χ3v) is 4.79. The summed E-state index contributed by atoms with van der Waals surface area (Å²) >= 11 is 11.2. The number of benzene rings is 1. The number of carbonyl (C=O) groups is 1. The fraction of sp³-hybridized carbons (Fsp3) is 0.267. The first kappa shape index (κ1) is 16.5. The van der Waals surface area contributed by atoms with Gasteiger partial charge in [0.2, 0.25) is 5.91 Å². The van der Waals surface area contributed by atoms with E-state index in [4.69, 9.17) is 11.6 Å². The van der Waals surface area contributed by atoms with Crippen molar-refractivity contribution in [1.82, 2.24) is 4.90 Å². The van der Waals surface area contributed by atoms with Gasteiger partial charge in [-0.15, -0.1) is 11.3 Å². The molecule has 6 heteroatoms. The molecule has 0 aliphatic heterocycles. The third-order valence-electron chi connectivity index (χ3n) is 2.87. The van der Waals surface area contributed by atoms with Crippen molar-refractivity contribution in [2.24, 2.45) is 0 Å². The van der Waals surface area contributed by atoms with Crippen LogP contribution in [0.15, 0.2) is 34.1 Å². The molecule has 2 aromatic rings. The maximum atomic E-state index is 12.0. The first-order chi connectivity index (χ1) is 9.94. The first-order valence-electron chi connectivity index (χ1n) is 6.43. The highest BCUT2D eigenvalue weighted by atomic mass is 79.9. The van der Waals surface area contributed by atoms with E-state index in [2.05, 4.69) is 27.3 Å². The molecule has 0 unspecified atom stereocenters. The van der Waals surface area contributed by atoms with Crippen molar-refractivity contribution >= 4 is 50.5 Å². The molecule has 0 aliphatic carbocycles. The molecule has 1 heterocycles. The number of anilines is 1. The summed E-state index contributed by atoms with van der Waals surface area (Å²) < 4.78 is 1.10. The van der Waals surface area contributed by atoms with Gasteiger partial charge in [0, 0.05) is 11.4 Å². The van der Waals surface area contributed by atoms with E-state index in [0.29, 0.717) is 17.3 Å². The van der Waals surface area contributed by atoms with Gasteiger partial charge < -0.3 is 5.32 Å². The number of nitrogens with zero attached hydrogens (tertiary/aromatic N) is 1. The second-order valence-electron chi connectivity index (χ2n) is 4.91. The molecule has 0 fully saturated rings. The fourth-order valence-corrected chi connectivity index (χ4v) is 3.76. The number of amides is 1. The minimum atomic E-state index is -0.0705. The predicted octanol–water partition coefficient (Wildman–Crippen LogP) is 4.54. The van der Waals surface area contributed by atoms with E-state index in [1.165, 1.54) is 4.88 Å². The van der Waals surface area contributed by atoms with E-state index in [-0.39, 0.29) is 5.91 Å². The van der Waals surface area contributed by atoms with E-state index in [1.54, 1.807) is 11.3 Å². The molecular weight excluding hydrogens is 372 g/mol. The van der Waals surface area contributed by atoms with Crippen molar-refractivity contribution in [2.45, 2.75) is 13.5 Å². The van der Waals surface area contributed by atoms with Gasteiger partial charge in [0.05, 0.1) is 21.0 Å². The van der Waals surface area contributed by atoms with Crippen LogP contribution >= 0.6 is 38.9 Å². The summed E-state index contributed by atoms with van der Waals surface area (Å²) in [4.78, 5) is 15.2. The Balaban J connectivity index is 1.89. The molecule has 2 rings (SSSR count). The molecule has 0 bridgehead atoms. The van der Waals surface area contributed by atoms with Gasteiger partial charge in [0.15, 0.2) is 0 Å². The molecule has 1 aromatic carbocycles. The van der Waals surface area contributed by atoms with Gasteiger partial charge in [-0.1, -0.05) is 17.7 Å². The molecular formula is C15H16BrClN2OS. The van der Waals surface area contributed by atoms with Crippen LogP contribution in [0.1, 0.15) is 10.4 Å². The molecule has 1 amide bonds. The average molecular weight is 388 g/mol. The van der Waals surface area contributed by atoms with Crippen LogP contribution in [0.2, 0.25) is 5.02 Å². The summed E-state index contributed by atoms with van der Waals surface area (Å²) in [6.07, 6.45) is 0. The number of halogens is 2. The molecule has 1 aromatic heterocycles. The van der Waals surface area contributed by atoms with Crippen molar-refractivity contribution in [3.63, 3.8) is 0 Å². The fourth-order valence-electron chi connectivity index (χ4n) is 1.92. The maximum Gasteiger partial charge on any atom is 0.238 e. The van der Waals surface area contributed by atoms with Crippen molar-refractivity contribution < 1.29 is 4.79 Å². The zero-order valence-electron chi connectivity index (χ0n) is 11.8. The van der Waals surface area contributed by atoms with Gasteiger partial charge in [0.1, 0.15) is 0 Å². The molecule has 1 N–H and O–H groups in total. The summed E-state index contributed by atoms with van der Waals surface area (Å²) in [5.74, 6) is -0.0705. The lowest BCUT2D eigenvalue weighted by Crippen LogP contribution is -2.29. The first-order valence-corrected chi connectivity index (χ1v) is 8.41. The quantitative estimate of drug-likeness (QED) is 0.816. The van der Waals surface area contributed by atoms with Crippen molar-refractivity contribution in [3.05, 3.63) is 49.6 Å². The monoisotopic (exact) mass is 386 g/mol. The van der Waals surface area contributed by atoms with Crippen LogP contribution in [-0.4, -0.2) is 24.4 Å². The van der Waals surface area contributed by atoms with E-state index < -0.39 is 0 Å². The molecule has 0 atom stereocenters. The zero-order valence-corrected chi connectivity index (χ0v) is 15.0. The smallest absolute Gasteiger partial charge is 0.238 e. The van der Waals surface area contributed by atoms with Gasteiger partial charge in [-0.2, -0.15) is 0 Å². The lowest BCUT2D eigenvalue weighted by molar-refractivity contribution is -0.117. The van der Waals surface area contributed by atoms with E-state index in [1.807, 2.05) is 43.1 Å². The molecule has 3 nitrogen and oxygen atoms in total. The zero-order chi connectivity index (χ0) is 15.4. The highest BCUT2D eigenvalue weighted by molar-refractivity contribution is 9.11. The molecule has 0 saturated heterocycles. The van der Waals surface area contributed by atoms with Crippen LogP contribution in [0.4, 0.5) is 5.69 Å². The van der Waals surface area contributed by atoms with Crippen molar-refractivity contribution in [3.8, 4) is 0 Å². The number of carbonyl (C=O) groups excluding carboxylic acids is 1. The van der Waals surface area contributed by atoms with Crippen LogP contribution in [0.25, 0.3) is 0 Å². The topological polar surface area (TPSA) is 32.3 Å².